The highest BCUT2D eigenvalue weighted by atomic mass is 14.2. The maximum Gasteiger partial charge on any atom is -0.00199 e. The Bertz CT molecular complexity index is 2500. The molecule has 0 heterocycles. The fourth-order valence-electron chi connectivity index (χ4n) is 7.32. The Hall–Kier alpha value is -5.98. The molecule has 9 aromatic rings. The molecule has 0 saturated carbocycles. The van der Waals surface area contributed by atoms with Crippen LogP contribution in [-0.4, -0.2) is 0 Å². The Morgan fingerprint density at radius 2 is 0.696 bits per heavy atom. The molecule has 0 aliphatic heterocycles. The van der Waals surface area contributed by atoms with Crippen molar-refractivity contribution in [2.75, 3.05) is 0 Å². The molecular formula is C46H30. The Kier molecular flexibility index (Phi) is 6.25. The summed E-state index contributed by atoms with van der Waals surface area (Å²) in [6.45, 7) is 0. The third-order valence-corrected chi connectivity index (χ3v) is 9.43. The zero-order valence-electron chi connectivity index (χ0n) is 25.3. The van der Waals surface area contributed by atoms with E-state index >= 15 is 0 Å². The van der Waals surface area contributed by atoms with Crippen LogP contribution in [0, 0.1) is 0 Å². The Morgan fingerprint density at radius 3 is 1.30 bits per heavy atom. The molecule has 0 bridgehead atoms. The summed E-state index contributed by atoms with van der Waals surface area (Å²) in [6, 6.07) is 66.6. The minimum atomic E-state index is 1.23. The van der Waals surface area contributed by atoms with Gasteiger partial charge in [0, 0.05) is 0 Å². The summed E-state index contributed by atoms with van der Waals surface area (Å²) in [5.41, 5.74) is 10.0. The van der Waals surface area contributed by atoms with Gasteiger partial charge in [0.05, 0.1) is 0 Å². The highest BCUT2D eigenvalue weighted by molar-refractivity contribution is 6.24. The fraction of sp³-hybridized carbons (Fsp3) is 0. The van der Waals surface area contributed by atoms with Gasteiger partial charge in [-0.1, -0.05) is 164 Å². The molecule has 0 N–H and O–H groups in total. The van der Waals surface area contributed by atoms with Crippen LogP contribution < -0.4 is 0 Å². The zero-order chi connectivity index (χ0) is 30.5. The van der Waals surface area contributed by atoms with Gasteiger partial charge in [-0.2, -0.15) is 0 Å². The first-order valence-electron chi connectivity index (χ1n) is 15.9. The van der Waals surface area contributed by atoms with Crippen molar-refractivity contribution in [1.29, 1.82) is 0 Å². The van der Waals surface area contributed by atoms with E-state index in [1.165, 1.54) is 87.6 Å². The molecule has 9 rings (SSSR count). The average Bonchev–Trinajstić information content (AvgIpc) is 3.13. The van der Waals surface area contributed by atoms with Gasteiger partial charge in [0.1, 0.15) is 0 Å². The smallest absolute Gasteiger partial charge is 0.00199 e. The van der Waals surface area contributed by atoms with E-state index in [2.05, 4.69) is 182 Å². The van der Waals surface area contributed by atoms with Crippen LogP contribution in [-0.2, 0) is 0 Å². The second-order valence-electron chi connectivity index (χ2n) is 12.1. The molecule has 214 valence electrons. The highest BCUT2D eigenvalue weighted by Crippen LogP contribution is 2.48. The largest absolute Gasteiger partial charge is 0.0622 e. The predicted molar refractivity (Wildman–Crippen MR) is 198 cm³/mol. The van der Waals surface area contributed by atoms with Crippen molar-refractivity contribution in [3.05, 3.63) is 182 Å². The molecule has 0 heteroatoms. The van der Waals surface area contributed by atoms with Gasteiger partial charge >= 0.3 is 0 Å². The van der Waals surface area contributed by atoms with Gasteiger partial charge in [-0.15, -0.1) is 0 Å². The molecule has 0 fully saturated rings. The Morgan fingerprint density at radius 1 is 0.217 bits per heavy atom. The summed E-state index contributed by atoms with van der Waals surface area (Å²) in [5.74, 6) is 0. The first-order chi connectivity index (χ1) is 22.8. The summed E-state index contributed by atoms with van der Waals surface area (Å²) in [4.78, 5) is 0. The van der Waals surface area contributed by atoms with E-state index in [9.17, 15) is 0 Å². The third-order valence-electron chi connectivity index (χ3n) is 9.43. The molecule has 0 atom stereocenters. The first kappa shape index (κ1) is 26.4. The van der Waals surface area contributed by atoms with Crippen LogP contribution in [0.25, 0.3) is 87.6 Å². The van der Waals surface area contributed by atoms with Gasteiger partial charge in [-0.05, 0) is 106 Å². The van der Waals surface area contributed by atoms with E-state index in [4.69, 9.17) is 0 Å². The molecular weight excluding hydrogens is 553 g/mol. The van der Waals surface area contributed by atoms with Crippen molar-refractivity contribution in [3.63, 3.8) is 0 Å². The van der Waals surface area contributed by atoms with E-state index in [1.807, 2.05) is 0 Å². The Labute approximate surface area is 268 Å². The molecule has 0 aliphatic rings. The normalized spacial score (nSPS) is 11.5. The van der Waals surface area contributed by atoms with Crippen LogP contribution in [0.2, 0.25) is 0 Å². The van der Waals surface area contributed by atoms with E-state index in [1.54, 1.807) is 0 Å². The molecule has 9 aromatic carbocycles. The van der Waals surface area contributed by atoms with Gasteiger partial charge < -0.3 is 0 Å². The molecule has 0 spiro atoms. The summed E-state index contributed by atoms with van der Waals surface area (Å²) >= 11 is 0. The van der Waals surface area contributed by atoms with Crippen molar-refractivity contribution in [2.45, 2.75) is 0 Å². The number of hydrogen-bond acceptors (Lipinski definition) is 0. The lowest BCUT2D eigenvalue weighted by Gasteiger charge is -2.21. The lowest BCUT2D eigenvalue weighted by Crippen LogP contribution is -1.94. The van der Waals surface area contributed by atoms with Gasteiger partial charge in [-0.25, -0.2) is 0 Å². The number of rotatable bonds is 4. The van der Waals surface area contributed by atoms with Crippen LogP contribution in [0.5, 0.6) is 0 Å². The standard InChI is InChI=1S/C46H30/c1-3-14-31(15-4-1)35-26-27-37-36(28-35)20-13-25-38(37)45-39-21-9-11-23-41(39)46(42-24-12-10-22-40(42)45)44-30-34-19-8-7-18-33(34)29-43(44)32-16-5-2-6-17-32/h1-30H. The molecule has 0 aliphatic carbocycles. The first-order valence-corrected chi connectivity index (χ1v) is 15.9. The van der Waals surface area contributed by atoms with Gasteiger partial charge in [-0.3, -0.25) is 0 Å². The molecule has 0 saturated heterocycles. The number of fused-ring (bicyclic) bond motifs is 4. The Balaban J connectivity index is 1.37. The molecule has 0 unspecified atom stereocenters. The van der Waals surface area contributed by atoms with Crippen molar-refractivity contribution in [2.24, 2.45) is 0 Å². The van der Waals surface area contributed by atoms with E-state index in [0.717, 1.165) is 0 Å². The molecule has 0 nitrogen and oxygen atoms in total. The second-order valence-corrected chi connectivity index (χ2v) is 12.1. The lowest BCUT2D eigenvalue weighted by atomic mass is 9.82. The third kappa shape index (κ3) is 4.30. The number of benzene rings is 9. The summed E-state index contributed by atoms with van der Waals surface area (Å²) in [7, 11) is 0. The molecule has 0 aromatic heterocycles. The predicted octanol–water partition coefficient (Wildman–Crippen LogP) is 13.0. The van der Waals surface area contributed by atoms with E-state index in [-0.39, 0.29) is 0 Å². The van der Waals surface area contributed by atoms with Crippen molar-refractivity contribution in [3.8, 4) is 44.5 Å². The second kappa shape index (κ2) is 10.9. The van der Waals surface area contributed by atoms with Gasteiger partial charge in [0.15, 0.2) is 0 Å². The maximum absolute atomic E-state index is 2.40. The number of hydrogen-bond donors (Lipinski definition) is 0. The lowest BCUT2D eigenvalue weighted by molar-refractivity contribution is 1.63. The zero-order valence-corrected chi connectivity index (χ0v) is 25.3. The maximum atomic E-state index is 2.40. The van der Waals surface area contributed by atoms with Gasteiger partial charge in [0.25, 0.3) is 0 Å². The SMILES string of the molecule is c1ccc(-c2ccc3c(-c4c5ccccc5c(-c5cc6ccccc6cc5-c5ccccc5)c5ccccc45)cccc3c2)cc1. The van der Waals surface area contributed by atoms with Crippen molar-refractivity contribution in [1.82, 2.24) is 0 Å². The van der Waals surface area contributed by atoms with Gasteiger partial charge in [0.2, 0.25) is 0 Å². The van der Waals surface area contributed by atoms with Crippen LogP contribution >= 0.6 is 0 Å². The topological polar surface area (TPSA) is 0 Å². The van der Waals surface area contributed by atoms with E-state index < -0.39 is 0 Å². The van der Waals surface area contributed by atoms with Crippen molar-refractivity contribution >= 4 is 43.1 Å². The van der Waals surface area contributed by atoms with Crippen LogP contribution in [0.3, 0.4) is 0 Å². The summed E-state index contributed by atoms with van der Waals surface area (Å²) in [6.07, 6.45) is 0. The summed E-state index contributed by atoms with van der Waals surface area (Å²) in [5, 5.41) is 10.1. The van der Waals surface area contributed by atoms with Crippen molar-refractivity contribution < 1.29 is 0 Å². The average molecular weight is 583 g/mol. The van der Waals surface area contributed by atoms with Crippen LogP contribution in [0.4, 0.5) is 0 Å². The quantitative estimate of drug-likeness (QED) is 0.181. The molecule has 0 amide bonds. The van der Waals surface area contributed by atoms with Crippen LogP contribution in [0.15, 0.2) is 182 Å². The van der Waals surface area contributed by atoms with E-state index in [0.29, 0.717) is 0 Å². The summed E-state index contributed by atoms with van der Waals surface area (Å²) < 4.78 is 0. The molecule has 0 radical (unpaired) electrons. The highest BCUT2D eigenvalue weighted by Gasteiger charge is 2.20. The van der Waals surface area contributed by atoms with Crippen LogP contribution in [0.1, 0.15) is 0 Å². The fourth-order valence-corrected chi connectivity index (χ4v) is 7.32. The molecule has 46 heavy (non-hydrogen) atoms. The monoisotopic (exact) mass is 582 g/mol. The minimum Gasteiger partial charge on any atom is -0.0622 e. The minimum absolute atomic E-state index is 1.23.